The quantitative estimate of drug-likeness (QED) is 0.332. The number of carbonyl (C=O) groups excluding carboxylic acids is 1. The van der Waals surface area contributed by atoms with Gasteiger partial charge in [0, 0.05) is 38.6 Å². The van der Waals surface area contributed by atoms with Crippen molar-refractivity contribution in [2.45, 2.75) is 43.5 Å². The fraction of sp³-hybridized carbons (Fsp3) is 0.367. The molecule has 7 nitrogen and oxygen atoms in total. The molecule has 1 saturated carbocycles. The summed E-state index contributed by atoms with van der Waals surface area (Å²) in [7, 11) is 1.64. The molecule has 3 aromatic carbocycles. The van der Waals surface area contributed by atoms with E-state index in [1.807, 2.05) is 73.3 Å². The smallest absolute Gasteiger partial charge is 0.261 e. The molecule has 202 valence electrons. The first kappa shape index (κ1) is 27.5. The van der Waals surface area contributed by atoms with Crippen molar-refractivity contribution in [2.75, 3.05) is 37.4 Å². The van der Waals surface area contributed by atoms with Crippen molar-refractivity contribution in [3.63, 3.8) is 0 Å². The number of hydrogen-bond acceptors (Lipinski definition) is 5. The standard InChI is InChI=1S/C30H37N3O4S/c1-5-28(23-9-7-6-8-10-23)30(34)33(20-22-11-12-22)21-24-19-25(13-18-29(24)32(2)3)31-38(35,36)27-16-14-26(37-4)15-17-27/h6-10,13-19,22,28,31H,5,11-12,20-21H2,1-4H3/t28-/m1/s1. The minimum Gasteiger partial charge on any atom is -0.497 e. The van der Waals surface area contributed by atoms with Gasteiger partial charge in [0.15, 0.2) is 0 Å². The van der Waals surface area contributed by atoms with Gasteiger partial charge in [0.1, 0.15) is 5.75 Å². The predicted molar refractivity (Wildman–Crippen MR) is 152 cm³/mol. The number of methoxy groups -OCH3 is 1. The van der Waals surface area contributed by atoms with Crippen LogP contribution in [0.15, 0.2) is 77.7 Å². The Balaban J connectivity index is 1.62. The van der Waals surface area contributed by atoms with Crippen LogP contribution in [-0.4, -0.2) is 47.0 Å². The Morgan fingerprint density at radius 2 is 1.71 bits per heavy atom. The van der Waals surface area contributed by atoms with Crippen molar-refractivity contribution in [1.29, 1.82) is 0 Å². The molecule has 3 aromatic rings. The van der Waals surface area contributed by atoms with Crippen LogP contribution in [0.2, 0.25) is 0 Å². The number of rotatable bonds is 12. The number of amides is 1. The number of hydrogen-bond donors (Lipinski definition) is 1. The topological polar surface area (TPSA) is 79.0 Å². The van der Waals surface area contributed by atoms with E-state index in [-0.39, 0.29) is 16.7 Å². The zero-order chi connectivity index (χ0) is 27.3. The SMILES string of the molecule is CC[C@@H](C(=O)N(Cc1cc(NS(=O)(=O)c2ccc(OC)cc2)ccc1N(C)C)CC1CC1)c1ccccc1. The third-order valence-corrected chi connectivity index (χ3v) is 8.34. The fourth-order valence-electron chi connectivity index (χ4n) is 4.69. The average molecular weight is 536 g/mol. The summed E-state index contributed by atoms with van der Waals surface area (Å²) in [4.78, 5) is 18.0. The molecule has 0 aromatic heterocycles. The van der Waals surface area contributed by atoms with Crippen molar-refractivity contribution >= 4 is 27.3 Å². The first-order valence-corrected chi connectivity index (χ1v) is 14.5. The fourth-order valence-corrected chi connectivity index (χ4v) is 5.74. The van der Waals surface area contributed by atoms with Crippen LogP contribution in [0.3, 0.4) is 0 Å². The van der Waals surface area contributed by atoms with Gasteiger partial charge in [-0.05, 0) is 78.8 Å². The zero-order valence-electron chi connectivity index (χ0n) is 22.6. The van der Waals surface area contributed by atoms with Crippen LogP contribution >= 0.6 is 0 Å². The molecule has 1 atom stereocenters. The lowest BCUT2D eigenvalue weighted by Gasteiger charge is -2.29. The van der Waals surface area contributed by atoms with E-state index in [9.17, 15) is 13.2 Å². The Morgan fingerprint density at radius 1 is 1.03 bits per heavy atom. The maximum Gasteiger partial charge on any atom is 0.261 e. The second kappa shape index (κ2) is 11.9. The van der Waals surface area contributed by atoms with Crippen molar-refractivity contribution in [1.82, 2.24) is 4.90 Å². The maximum absolute atomic E-state index is 13.9. The summed E-state index contributed by atoms with van der Waals surface area (Å²) in [5.41, 5.74) is 3.31. The Labute approximate surface area is 226 Å². The number of nitrogens with zero attached hydrogens (tertiary/aromatic N) is 2. The molecule has 1 aliphatic carbocycles. The van der Waals surface area contributed by atoms with E-state index in [2.05, 4.69) is 4.72 Å². The molecule has 1 fully saturated rings. The normalized spacial score (nSPS) is 14.0. The summed E-state index contributed by atoms with van der Waals surface area (Å²) < 4.78 is 34.0. The zero-order valence-corrected chi connectivity index (χ0v) is 23.4. The summed E-state index contributed by atoms with van der Waals surface area (Å²) in [6.07, 6.45) is 2.98. The minimum atomic E-state index is -3.80. The van der Waals surface area contributed by atoms with E-state index in [0.29, 0.717) is 36.9 Å². The van der Waals surface area contributed by atoms with Crippen molar-refractivity contribution in [2.24, 2.45) is 5.92 Å². The van der Waals surface area contributed by atoms with Crippen LogP contribution in [-0.2, 0) is 21.4 Å². The van der Waals surface area contributed by atoms with Crippen LogP contribution in [0.1, 0.15) is 43.2 Å². The van der Waals surface area contributed by atoms with Gasteiger partial charge in [-0.2, -0.15) is 0 Å². The molecule has 1 aliphatic rings. The Morgan fingerprint density at radius 3 is 2.29 bits per heavy atom. The van der Waals surface area contributed by atoms with Gasteiger partial charge in [-0.1, -0.05) is 37.3 Å². The van der Waals surface area contributed by atoms with E-state index in [4.69, 9.17) is 4.74 Å². The molecule has 0 aliphatic heterocycles. The van der Waals surface area contributed by atoms with E-state index in [0.717, 1.165) is 29.7 Å². The molecule has 0 heterocycles. The van der Waals surface area contributed by atoms with Gasteiger partial charge in [0.2, 0.25) is 5.91 Å². The first-order valence-electron chi connectivity index (χ1n) is 13.0. The van der Waals surface area contributed by atoms with E-state index in [1.165, 1.54) is 19.2 Å². The van der Waals surface area contributed by atoms with Gasteiger partial charge in [-0.15, -0.1) is 0 Å². The maximum atomic E-state index is 13.9. The third-order valence-electron chi connectivity index (χ3n) is 6.94. The summed E-state index contributed by atoms with van der Waals surface area (Å²) in [6.45, 7) is 3.16. The van der Waals surface area contributed by atoms with Crippen LogP contribution in [0.5, 0.6) is 5.75 Å². The van der Waals surface area contributed by atoms with Crippen LogP contribution < -0.4 is 14.4 Å². The van der Waals surface area contributed by atoms with Crippen LogP contribution in [0, 0.1) is 5.92 Å². The highest BCUT2D eigenvalue weighted by Crippen LogP contribution is 2.34. The van der Waals surface area contributed by atoms with Crippen molar-refractivity contribution in [3.05, 3.63) is 83.9 Å². The Kier molecular flexibility index (Phi) is 8.62. The second-order valence-electron chi connectivity index (χ2n) is 10.1. The lowest BCUT2D eigenvalue weighted by molar-refractivity contribution is -0.133. The van der Waals surface area contributed by atoms with E-state index in [1.54, 1.807) is 18.2 Å². The van der Waals surface area contributed by atoms with Gasteiger partial charge < -0.3 is 14.5 Å². The van der Waals surface area contributed by atoms with E-state index >= 15 is 0 Å². The molecule has 0 bridgehead atoms. The number of nitrogens with one attached hydrogen (secondary N) is 1. The summed E-state index contributed by atoms with van der Waals surface area (Å²) in [6, 6.07) is 21.7. The predicted octanol–water partition coefficient (Wildman–Crippen LogP) is 5.49. The number of ether oxygens (including phenoxy) is 1. The minimum absolute atomic E-state index is 0.111. The molecule has 0 saturated heterocycles. The van der Waals surface area contributed by atoms with Crippen LogP contribution in [0.4, 0.5) is 11.4 Å². The Bertz CT molecular complexity index is 1340. The molecule has 0 radical (unpaired) electrons. The molecular formula is C30H37N3O4S. The summed E-state index contributed by atoms with van der Waals surface area (Å²) in [5.74, 6) is 1.00. The number of sulfonamides is 1. The average Bonchev–Trinajstić information content (AvgIpc) is 3.73. The second-order valence-corrected chi connectivity index (χ2v) is 11.7. The third kappa shape index (κ3) is 6.67. The van der Waals surface area contributed by atoms with Crippen LogP contribution in [0.25, 0.3) is 0 Å². The number of benzene rings is 3. The van der Waals surface area contributed by atoms with Crippen molar-refractivity contribution in [3.8, 4) is 5.75 Å². The van der Waals surface area contributed by atoms with Gasteiger partial charge in [0.05, 0.1) is 17.9 Å². The number of anilines is 2. The molecular weight excluding hydrogens is 498 g/mol. The lowest BCUT2D eigenvalue weighted by atomic mass is 9.94. The highest BCUT2D eigenvalue weighted by molar-refractivity contribution is 7.92. The molecule has 38 heavy (non-hydrogen) atoms. The molecule has 0 spiro atoms. The summed E-state index contributed by atoms with van der Waals surface area (Å²) >= 11 is 0. The highest BCUT2D eigenvalue weighted by atomic mass is 32.2. The summed E-state index contributed by atoms with van der Waals surface area (Å²) in [5, 5.41) is 0. The first-order chi connectivity index (χ1) is 18.2. The number of carbonyl (C=O) groups is 1. The van der Waals surface area contributed by atoms with Gasteiger partial charge in [-0.25, -0.2) is 8.42 Å². The van der Waals surface area contributed by atoms with E-state index < -0.39 is 10.0 Å². The molecule has 8 heteroatoms. The molecule has 1 amide bonds. The molecule has 4 rings (SSSR count). The Hall–Kier alpha value is -3.52. The highest BCUT2D eigenvalue weighted by Gasteiger charge is 2.31. The van der Waals surface area contributed by atoms with Gasteiger partial charge in [-0.3, -0.25) is 9.52 Å². The molecule has 1 N–H and O–H groups in total. The molecule has 0 unspecified atom stereocenters. The largest absolute Gasteiger partial charge is 0.497 e. The van der Waals surface area contributed by atoms with Gasteiger partial charge >= 0.3 is 0 Å². The monoisotopic (exact) mass is 535 g/mol. The van der Waals surface area contributed by atoms with Crippen molar-refractivity contribution < 1.29 is 17.9 Å². The lowest BCUT2D eigenvalue weighted by Crippen LogP contribution is -2.36. The van der Waals surface area contributed by atoms with Gasteiger partial charge in [0.25, 0.3) is 10.0 Å².